The molecule has 1 aliphatic carbocycles. The highest BCUT2D eigenvalue weighted by atomic mass is 15.2. The first kappa shape index (κ1) is 17.3. The van der Waals surface area contributed by atoms with Gasteiger partial charge in [0.15, 0.2) is 5.96 Å². The Morgan fingerprint density at radius 2 is 1.80 bits per heavy atom. The van der Waals surface area contributed by atoms with Crippen LogP contribution in [0.4, 0.5) is 0 Å². The maximum Gasteiger partial charge on any atom is 0.191 e. The van der Waals surface area contributed by atoms with Gasteiger partial charge in [-0.15, -0.1) is 0 Å². The number of rotatable bonds is 7. The van der Waals surface area contributed by atoms with E-state index in [-0.39, 0.29) is 0 Å². The molecule has 4 nitrogen and oxygen atoms in total. The Balaban J connectivity index is 2.14. The van der Waals surface area contributed by atoms with E-state index in [1.54, 1.807) is 0 Å². The van der Waals surface area contributed by atoms with E-state index >= 15 is 0 Å². The van der Waals surface area contributed by atoms with Crippen molar-refractivity contribution < 1.29 is 0 Å². The number of aliphatic imine (C=N–C) groups is 1. The summed E-state index contributed by atoms with van der Waals surface area (Å²) in [4.78, 5) is 6.78. The lowest BCUT2D eigenvalue weighted by atomic mass is 9.94. The molecule has 0 bridgehead atoms. The number of hydrogen-bond donors (Lipinski definition) is 2. The molecule has 20 heavy (non-hydrogen) atoms. The van der Waals surface area contributed by atoms with Gasteiger partial charge in [0.1, 0.15) is 0 Å². The molecule has 1 saturated carbocycles. The first-order valence-electron chi connectivity index (χ1n) is 8.28. The van der Waals surface area contributed by atoms with Crippen LogP contribution in [0.3, 0.4) is 0 Å². The summed E-state index contributed by atoms with van der Waals surface area (Å²) in [7, 11) is 4.10. The van der Waals surface area contributed by atoms with Crippen LogP contribution in [0.2, 0.25) is 0 Å². The van der Waals surface area contributed by atoms with Crippen LogP contribution in [-0.2, 0) is 0 Å². The molecule has 1 aliphatic rings. The fourth-order valence-corrected chi connectivity index (χ4v) is 2.75. The number of nitrogens with one attached hydrogen (secondary N) is 2. The molecular formula is C16H34N4. The first-order valence-corrected chi connectivity index (χ1v) is 8.28. The fraction of sp³-hybridized carbons (Fsp3) is 0.938. The Hall–Kier alpha value is -0.770. The van der Waals surface area contributed by atoms with Gasteiger partial charge < -0.3 is 15.5 Å². The average Bonchev–Trinajstić information content (AvgIpc) is 2.46. The fourth-order valence-electron chi connectivity index (χ4n) is 2.75. The van der Waals surface area contributed by atoms with Crippen molar-refractivity contribution in [1.29, 1.82) is 0 Å². The van der Waals surface area contributed by atoms with Gasteiger partial charge in [-0.05, 0) is 32.2 Å². The monoisotopic (exact) mass is 282 g/mol. The molecule has 0 spiro atoms. The average molecular weight is 282 g/mol. The third-order valence-electron chi connectivity index (χ3n) is 4.19. The van der Waals surface area contributed by atoms with Gasteiger partial charge in [-0.2, -0.15) is 0 Å². The lowest BCUT2D eigenvalue weighted by Gasteiger charge is -2.31. The number of guanidine groups is 1. The Morgan fingerprint density at radius 1 is 1.15 bits per heavy atom. The highest BCUT2D eigenvalue weighted by molar-refractivity contribution is 5.79. The predicted octanol–water partition coefficient (Wildman–Crippen LogP) is 2.46. The Morgan fingerprint density at radius 3 is 2.40 bits per heavy atom. The summed E-state index contributed by atoms with van der Waals surface area (Å²) in [5.41, 5.74) is 0. The van der Waals surface area contributed by atoms with Crippen LogP contribution in [-0.4, -0.2) is 50.6 Å². The quantitative estimate of drug-likeness (QED) is 0.556. The second kappa shape index (κ2) is 10.0. The molecule has 1 rings (SSSR count). The molecule has 1 fully saturated rings. The van der Waals surface area contributed by atoms with E-state index in [0.717, 1.165) is 37.6 Å². The van der Waals surface area contributed by atoms with E-state index in [2.05, 4.69) is 41.4 Å². The van der Waals surface area contributed by atoms with Gasteiger partial charge in [0, 0.05) is 32.7 Å². The minimum atomic E-state index is 0.734. The van der Waals surface area contributed by atoms with Crippen molar-refractivity contribution in [2.75, 3.05) is 33.7 Å². The number of nitrogens with zero attached hydrogens (tertiary/aromatic N) is 2. The van der Waals surface area contributed by atoms with Crippen LogP contribution in [0.15, 0.2) is 4.99 Å². The lowest BCUT2D eigenvalue weighted by Crippen LogP contribution is -2.43. The molecule has 0 aromatic carbocycles. The highest BCUT2D eigenvalue weighted by Gasteiger charge is 2.17. The molecule has 0 aromatic heterocycles. The maximum absolute atomic E-state index is 4.27. The van der Waals surface area contributed by atoms with Crippen LogP contribution in [0.25, 0.3) is 0 Å². The molecule has 0 saturated heterocycles. The number of hydrogen-bond acceptors (Lipinski definition) is 2. The second-order valence-electron chi connectivity index (χ2n) is 6.38. The summed E-state index contributed by atoms with van der Waals surface area (Å²) in [6.45, 7) is 7.55. The molecule has 0 amide bonds. The van der Waals surface area contributed by atoms with E-state index in [1.165, 1.54) is 38.5 Å². The van der Waals surface area contributed by atoms with Crippen LogP contribution in [0.5, 0.6) is 0 Å². The summed E-state index contributed by atoms with van der Waals surface area (Å²) in [6.07, 6.45) is 8.16. The van der Waals surface area contributed by atoms with Gasteiger partial charge in [0.2, 0.25) is 0 Å². The van der Waals surface area contributed by atoms with Crippen molar-refractivity contribution in [2.45, 2.75) is 58.4 Å². The van der Waals surface area contributed by atoms with Crippen molar-refractivity contribution in [3.63, 3.8) is 0 Å². The van der Waals surface area contributed by atoms with Crippen LogP contribution in [0, 0.1) is 5.92 Å². The van der Waals surface area contributed by atoms with E-state index in [9.17, 15) is 0 Å². The zero-order chi connectivity index (χ0) is 14.8. The van der Waals surface area contributed by atoms with Gasteiger partial charge in [-0.3, -0.25) is 4.99 Å². The zero-order valence-electron chi connectivity index (χ0n) is 13.9. The summed E-state index contributed by atoms with van der Waals surface area (Å²) in [6, 6.07) is 0.793. The Kier molecular flexibility index (Phi) is 8.67. The molecule has 2 N–H and O–H groups in total. The van der Waals surface area contributed by atoms with Crippen LogP contribution < -0.4 is 10.6 Å². The van der Waals surface area contributed by atoms with Crippen molar-refractivity contribution in [2.24, 2.45) is 10.9 Å². The summed E-state index contributed by atoms with van der Waals surface area (Å²) in [5, 5.41) is 6.78. The van der Waals surface area contributed by atoms with Crippen LogP contribution >= 0.6 is 0 Å². The van der Waals surface area contributed by atoms with Crippen molar-refractivity contribution >= 4 is 5.96 Å². The molecule has 0 aliphatic heterocycles. The van der Waals surface area contributed by atoms with E-state index in [4.69, 9.17) is 0 Å². The van der Waals surface area contributed by atoms with E-state index < -0.39 is 0 Å². The second-order valence-corrected chi connectivity index (χ2v) is 6.38. The van der Waals surface area contributed by atoms with Gasteiger partial charge in [0.25, 0.3) is 0 Å². The maximum atomic E-state index is 4.27. The van der Waals surface area contributed by atoms with Gasteiger partial charge in [0.05, 0.1) is 0 Å². The highest BCUT2D eigenvalue weighted by Crippen LogP contribution is 2.21. The molecule has 0 heterocycles. The molecule has 118 valence electrons. The topological polar surface area (TPSA) is 39.7 Å². The van der Waals surface area contributed by atoms with Crippen molar-refractivity contribution in [1.82, 2.24) is 15.5 Å². The number of likely N-dealkylation sites (N-methyl/N-ethyl adjacent to an activating group) is 1. The standard InChI is InChI=1S/C16H34N4/c1-14(2)10-11-18-16(17-3)19-12-13-20(4)15-8-6-5-7-9-15/h14-15H,5-13H2,1-4H3,(H2,17,18,19). The summed E-state index contributed by atoms with van der Waals surface area (Å²) < 4.78 is 0. The molecule has 4 heteroatoms. The minimum Gasteiger partial charge on any atom is -0.356 e. The predicted molar refractivity (Wildman–Crippen MR) is 88.3 cm³/mol. The SMILES string of the molecule is CN=C(NCCC(C)C)NCCN(C)C1CCCCC1. The van der Waals surface area contributed by atoms with Gasteiger partial charge in [-0.1, -0.05) is 33.1 Å². The third kappa shape index (κ3) is 7.13. The van der Waals surface area contributed by atoms with Crippen LogP contribution in [0.1, 0.15) is 52.4 Å². The zero-order valence-corrected chi connectivity index (χ0v) is 13.9. The molecule has 0 atom stereocenters. The van der Waals surface area contributed by atoms with Crippen molar-refractivity contribution in [3.8, 4) is 0 Å². The molecule has 0 aromatic rings. The first-order chi connectivity index (χ1) is 9.63. The Labute approximate surface area is 125 Å². The normalized spacial score (nSPS) is 17.8. The smallest absolute Gasteiger partial charge is 0.191 e. The van der Waals surface area contributed by atoms with E-state index in [1.807, 2.05) is 7.05 Å². The van der Waals surface area contributed by atoms with E-state index in [0.29, 0.717) is 0 Å². The minimum absolute atomic E-state index is 0.734. The molecule has 0 radical (unpaired) electrons. The lowest BCUT2D eigenvalue weighted by molar-refractivity contribution is 0.194. The Bertz CT molecular complexity index is 270. The largest absolute Gasteiger partial charge is 0.356 e. The molecule has 0 unspecified atom stereocenters. The summed E-state index contributed by atoms with van der Waals surface area (Å²) in [5.74, 6) is 1.67. The van der Waals surface area contributed by atoms with Gasteiger partial charge in [-0.25, -0.2) is 0 Å². The third-order valence-corrected chi connectivity index (χ3v) is 4.19. The van der Waals surface area contributed by atoms with Crippen molar-refractivity contribution in [3.05, 3.63) is 0 Å². The molecular weight excluding hydrogens is 248 g/mol. The summed E-state index contributed by atoms with van der Waals surface area (Å²) >= 11 is 0. The van der Waals surface area contributed by atoms with Gasteiger partial charge >= 0.3 is 0 Å².